The lowest BCUT2D eigenvalue weighted by Gasteiger charge is -2.22. The molecule has 21 heavy (non-hydrogen) atoms. The molecule has 0 aliphatic carbocycles. The third-order valence-electron chi connectivity index (χ3n) is 3.23. The van der Waals surface area contributed by atoms with E-state index in [1.165, 1.54) is 0 Å². The van der Waals surface area contributed by atoms with Gasteiger partial charge in [-0.1, -0.05) is 0 Å². The van der Waals surface area contributed by atoms with Gasteiger partial charge in [-0.3, -0.25) is 9.59 Å². The summed E-state index contributed by atoms with van der Waals surface area (Å²) in [7, 11) is 0. The summed E-state index contributed by atoms with van der Waals surface area (Å²) in [5.74, 6) is -3.47. The molecule has 0 radical (unpaired) electrons. The summed E-state index contributed by atoms with van der Waals surface area (Å²) in [6, 6.07) is 1.80. The minimum absolute atomic E-state index is 0.0693. The Bertz CT molecular complexity index is 594. The number of halogens is 2. The van der Waals surface area contributed by atoms with Gasteiger partial charge in [0.1, 0.15) is 11.6 Å². The normalized spacial score (nSPS) is 14.8. The van der Waals surface area contributed by atoms with Crippen molar-refractivity contribution in [2.75, 3.05) is 18.0 Å². The zero-order valence-corrected chi connectivity index (χ0v) is 12.3. The molecule has 0 spiro atoms. The molecule has 114 valence electrons. The fourth-order valence-electron chi connectivity index (χ4n) is 2.27. The summed E-state index contributed by atoms with van der Waals surface area (Å²) in [4.78, 5) is 24.7. The number of hydrogen-bond acceptors (Lipinski definition) is 3. The molecule has 2 rings (SSSR count). The number of ketones is 1. The third kappa shape index (κ3) is 3.10. The van der Waals surface area contributed by atoms with E-state index >= 15 is 0 Å². The Morgan fingerprint density at radius 2 is 1.76 bits per heavy atom. The number of anilines is 1. The standard InChI is InChI=1S/C15H18F2N2O2/c1-15(2,3)18-7-4-8-19-12-10(17)6-5-9(16)11(12)13(20)14(19)21/h5-6,18H,4,7-8H2,1-3H3. The summed E-state index contributed by atoms with van der Waals surface area (Å²) in [6.45, 7) is 6.78. The van der Waals surface area contributed by atoms with Crippen molar-refractivity contribution in [2.45, 2.75) is 32.7 Å². The number of benzene rings is 1. The maximum Gasteiger partial charge on any atom is 0.299 e. The van der Waals surface area contributed by atoms with Crippen LogP contribution in [0, 0.1) is 11.6 Å². The second kappa shape index (κ2) is 5.52. The molecular formula is C15H18F2N2O2. The molecule has 1 aliphatic rings. The molecule has 1 aromatic rings. The Kier molecular flexibility index (Phi) is 4.09. The topological polar surface area (TPSA) is 49.4 Å². The van der Waals surface area contributed by atoms with Crippen LogP contribution in [-0.4, -0.2) is 30.3 Å². The van der Waals surface area contributed by atoms with Crippen LogP contribution in [0.25, 0.3) is 0 Å². The molecule has 1 N–H and O–H groups in total. The predicted octanol–water partition coefficient (Wildman–Crippen LogP) is 2.27. The average molecular weight is 296 g/mol. The Labute approximate surface area is 122 Å². The Balaban J connectivity index is 2.14. The van der Waals surface area contributed by atoms with E-state index in [1.807, 2.05) is 20.8 Å². The number of rotatable bonds is 4. The highest BCUT2D eigenvalue weighted by molar-refractivity contribution is 6.52. The van der Waals surface area contributed by atoms with Gasteiger partial charge in [-0.25, -0.2) is 8.78 Å². The fraction of sp³-hybridized carbons (Fsp3) is 0.467. The number of carbonyl (C=O) groups is 2. The Hall–Kier alpha value is -1.82. The van der Waals surface area contributed by atoms with E-state index in [4.69, 9.17) is 0 Å². The summed E-state index contributed by atoms with van der Waals surface area (Å²) in [5.41, 5.74) is -0.760. The monoisotopic (exact) mass is 296 g/mol. The van der Waals surface area contributed by atoms with Gasteiger partial charge in [0.15, 0.2) is 0 Å². The number of hydrogen-bond donors (Lipinski definition) is 1. The molecule has 0 saturated heterocycles. The van der Waals surface area contributed by atoms with Crippen LogP contribution in [0.4, 0.5) is 14.5 Å². The summed E-state index contributed by atoms with van der Waals surface area (Å²) in [5, 5.41) is 3.23. The molecule has 4 nitrogen and oxygen atoms in total. The molecule has 1 heterocycles. The van der Waals surface area contributed by atoms with Crippen LogP contribution in [0.5, 0.6) is 0 Å². The molecule has 0 fully saturated rings. The number of fused-ring (bicyclic) bond motifs is 1. The quantitative estimate of drug-likeness (QED) is 0.685. The second-order valence-electron chi connectivity index (χ2n) is 6.07. The van der Waals surface area contributed by atoms with Crippen molar-refractivity contribution in [3.63, 3.8) is 0 Å². The first-order chi connectivity index (χ1) is 9.72. The van der Waals surface area contributed by atoms with Crippen LogP contribution in [0.1, 0.15) is 37.6 Å². The highest BCUT2D eigenvalue weighted by atomic mass is 19.1. The van der Waals surface area contributed by atoms with Gasteiger partial charge in [-0.15, -0.1) is 0 Å². The lowest BCUT2D eigenvalue weighted by atomic mass is 10.1. The molecule has 0 saturated carbocycles. The van der Waals surface area contributed by atoms with Gasteiger partial charge >= 0.3 is 0 Å². The van der Waals surface area contributed by atoms with Crippen molar-refractivity contribution in [2.24, 2.45) is 0 Å². The highest BCUT2D eigenvalue weighted by Gasteiger charge is 2.40. The highest BCUT2D eigenvalue weighted by Crippen LogP contribution is 2.33. The SMILES string of the molecule is CC(C)(C)NCCCN1C(=O)C(=O)c2c(F)ccc(F)c21. The molecule has 1 aliphatic heterocycles. The van der Waals surface area contributed by atoms with Gasteiger partial charge in [-0.05, 0) is 45.9 Å². The lowest BCUT2D eigenvalue weighted by Crippen LogP contribution is -2.38. The zero-order chi connectivity index (χ0) is 15.8. The van der Waals surface area contributed by atoms with E-state index in [0.29, 0.717) is 13.0 Å². The maximum atomic E-state index is 13.8. The van der Waals surface area contributed by atoms with Gasteiger partial charge in [0.2, 0.25) is 0 Å². The molecule has 6 heteroatoms. The van der Waals surface area contributed by atoms with Gasteiger partial charge < -0.3 is 10.2 Å². The average Bonchev–Trinajstić information content (AvgIpc) is 2.63. The predicted molar refractivity (Wildman–Crippen MR) is 75.4 cm³/mol. The maximum absolute atomic E-state index is 13.8. The van der Waals surface area contributed by atoms with Crippen LogP contribution >= 0.6 is 0 Å². The van der Waals surface area contributed by atoms with Crippen molar-refractivity contribution in [3.05, 3.63) is 29.3 Å². The van der Waals surface area contributed by atoms with E-state index in [0.717, 1.165) is 17.0 Å². The molecular weight excluding hydrogens is 278 g/mol. The molecule has 0 unspecified atom stereocenters. The van der Waals surface area contributed by atoms with Crippen molar-refractivity contribution >= 4 is 17.4 Å². The third-order valence-corrected chi connectivity index (χ3v) is 3.23. The van der Waals surface area contributed by atoms with Crippen LogP contribution in [0.3, 0.4) is 0 Å². The summed E-state index contributed by atoms with van der Waals surface area (Å²) < 4.78 is 27.5. The van der Waals surface area contributed by atoms with E-state index in [1.54, 1.807) is 0 Å². The Morgan fingerprint density at radius 1 is 1.14 bits per heavy atom. The minimum atomic E-state index is -0.981. The number of amides is 1. The van der Waals surface area contributed by atoms with Crippen molar-refractivity contribution in [1.82, 2.24) is 5.32 Å². The van der Waals surface area contributed by atoms with Crippen LogP contribution < -0.4 is 10.2 Å². The molecule has 0 bridgehead atoms. The number of Topliss-reactive ketones (excluding diaryl/α,β-unsaturated/α-hetero) is 1. The molecule has 0 aromatic heterocycles. The van der Waals surface area contributed by atoms with E-state index < -0.39 is 28.9 Å². The lowest BCUT2D eigenvalue weighted by molar-refractivity contribution is -0.114. The second-order valence-corrected chi connectivity index (χ2v) is 6.07. The van der Waals surface area contributed by atoms with Crippen molar-refractivity contribution < 1.29 is 18.4 Å². The van der Waals surface area contributed by atoms with Crippen LogP contribution in [-0.2, 0) is 4.79 Å². The van der Waals surface area contributed by atoms with Gasteiger partial charge in [0.05, 0.1) is 11.3 Å². The Morgan fingerprint density at radius 3 is 2.38 bits per heavy atom. The van der Waals surface area contributed by atoms with Crippen LogP contribution in [0.15, 0.2) is 12.1 Å². The smallest absolute Gasteiger partial charge is 0.299 e. The first kappa shape index (κ1) is 15.6. The largest absolute Gasteiger partial charge is 0.312 e. The molecule has 1 aromatic carbocycles. The summed E-state index contributed by atoms with van der Waals surface area (Å²) >= 11 is 0. The fourth-order valence-corrected chi connectivity index (χ4v) is 2.27. The van der Waals surface area contributed by atoms with Crippen LogP contribution in [0.2, 0.25) is 0 Å². The van der Waals surface area contributed by atoms with E-state index in [2.05, 4.69) is 5.32 Å². The number of carbonyl (C=O) groups excluding carboxylic acids is 2. The van der Waals surface area contributed by atoms with Gasteiger partial charge in [-0.2, -0.15) is 0 Å². The van der Waals surface area contributed by atoms with Crippen molar-refractivity contribution in [1.29, 1.82) is 0 Å². The van der Waals surface area contributed by atoms with Gasteiger partial charge in [0, 0.05) is 12.1 Å². The number of nitrogens with zero attached hydrogens (tertiary/aromatic N) is 1. The van der Waals surface area contributed by atoms with Gasteiger partial charge in [0.25, 0.3) is 11.7 Å². The zero-order valence-electron chi connectivity index (χ0n) is 12.3. The van der Waals surface area contributed by atoms with Crippen molar-refractivity contribution in [3.8, 4) is 0 Å². The molecule has 0 atom stereocenters. The number of nitrogens with one attached hydrogen (secondary N) is 1. The summed E-state index contributed by atoms with van der Waals surface area (Å²) in [6.07, 6.45) is 0.533. The molecule has 1 amide bonds. The first-order valence-electron chi connectivity index (χ1n) is 6.81. The van der Waals surface area contributed by atoms with E-state index in [-0.39, 0.29) is 17.8 Å². The first-order valence-corrected chi connectivity index (χ1v) is 6.81. The van der Waals surface area contributed by atoms with E-state index in [9.17, 15) is 18.4 Å². The minimum Gasteiger partial charge on any atom is -0.312 e.